The number of ketones is 1. The topological polar surface area (TPSA) is 34.4 Å². The Morgan fingerprint density at radius 3 is 2.73 bits per heavy atom. The first-order valence-electron chi connectivity index (χ1n) is 7.41. The first-order chi connectivity index (χ1) is 10.7. The van der Waals surface area contributed by atoms with Gasteiger partial charge in [0.25, 0.3) is 0 Å². The van der Waals surface area contributed by atoms with Crippen molar-refractivity contribution in [2.45, 2.75) is 30.7 Å². The van der Waals surface area contributed by atoms with Crippen molar-refractivity contribution in [2.24, 2.45) is 0 Å². The molecular formula is C18H18N2OS. The molecule has 112 valence electrons. The van der Waals surface area contributed by atoms with Gasteiger partial charge >= 0.3 is 0 Å². The third kappa shape index (κ3) is 2.92. The van der Waals surface area contributed by atoms with Gasteiger partial charge in [-0.15, -0.1) is 0 Å². The fourth-order valence-corrected chi connectivity index (χ4v) is 3.31. The molecule has 4 heteroatoms. The average molecular weight is 310 g/mol. The van der Waals surface area contributed by atoms with Crippen molar-refractivity contribution in [1.82, 2.24) is 9.38 Å². The van der Waals surface area contributed by atoms with E-state index in [1.165, 1.54) is 17.3 Å². The molecule has 2 heterocycles. The lowest BCUT2D eigenvalue weighted by molar-refractivity contribution is 0.0994. The van der Waals surface area contributed by atoms with Crippen LogP contribution in [0.2, 0.25) is 0 Å². The van der Waals surface area contributed by atoms with Gasteiger partial charge in [-0.2, -0.15) is 0 Å². The molecule has 0 bridgehead atoms. The maximum atomic E-state index is 12.5. The van der Waals surface area contributed by atoms with Crippen LogP contribution in [0.15, 0.2) is 60.0 Å². The van der Waals surface area contributed by atoms with E-state index in [0.29, 0.717) is 0 Å². The molecule has 0 radical (unpaired) electrons. The first kappa shape index (κ1) is 14.9. The van der Waals surface area contributed by atoms with Crippen molar-refractivity contribution in [1.29, 1.82) is 0 Å². The highest BCUT2D eigenvalue weighted by atomic mass is 32.2. The number of imidazole rings is 1. The largest absolute Gasteiger partial charge is 0.295 e. The molecule has 3 rings (SSSR count). The maximum Gasteiger partial charge on any atom is 0.175 e. The SMILES string of the molecule is CCc1ccc(C(=O)C(C)Sc2ncc3ccccn23)cc1. The number of carbonyl (C=O) groups is 1. The van der Waals surface area contributed by atoms with E-state index in [1.807, 2.05) is 66.2 Å². The van der Waals surface area contributed by atoms with Gasteiger partial charge in [0.2, 0.25) is 0 Å². The second-order valence-corrected chi connectivity index (χ2v) is 6.52. The Morgan fingerprint density at radius 2 is 2.00 bits per heavy atom. The van der Waals surface area contributed by atoms with Crippen molar-refractivity contribution in [3.8, 4) is 0 Å². The molecule has 22 heavy (non-hydrogen) atoms. The highest BCUT2D eigenvalue weighted by Gasteiger charge is 2.18. The van der Waals surface area contributed by atoms with Crippen molar-refractivity contribution in [3.05, 3.63) is 66.0 Å². The van der Waals surface area contributed by atoms with E-state index in [0.717, 1.165) is 22.7 Å². The van der Waals surface area contributed by atoms with Gasteiger partial charge in [0.15, 0.2) is 10.9 Å². The zero-order chi connectivity index (χ0) is 15.5. The van der Waals surface area contributed by atoms with Crippen LogP contribution in [0.3, 0.4) is 0 Å². The summed E-state index contributed by atoms with van der Waals surface area (Å²) in [6, 6.07) is 13.8. The molecule has 2 aromatic heterocycles. The van der Waals surface area contributed by atoms with E-state index >= 15 is 0 Å². The number of aromatic nitrogens is 2. The van der Waals surface area contributed by atoms with E-state index in [4.69, 9.17) is 0 Å². The molecule has 1 unspecified atom stereocenters. The quantitative estimate of drug-likeness (QED) is 0.521. The van der Waals surface area contributed by atoms with Gasteiger partial charge < -0.3 is 0 Å². The van der Waals surface area contributed by atoms with Gasteiger partial charge in [0, 0.05) is 11.8 Å². The number of hydrogen-bond acceptors (Lipinski definition) is 3. The molecule has 3 aromatic rings. The first-order valence-corrected chi connectivity index (χ1v) is 8.29. The lowest BCUT2D eigenvalue weighted by atomic mass is 10.1. The predicted molar refractivity (Wildman–Crippen MR) is 90.7 cm³/mol. The molecule has 0 aliphatic rings. The Balaban J connectivity index is 1.78. The molecule has 0 saturated carbocycles. The lowest BCUT2D eigenvalue weighted by Gasteiger charge is -2.10. The standard InChI is InChI=1S/C18H18N2OS/c1-3-14-7-9-15(10-8-14)17(21)13(2)22-18-19-12-16-6-4-5-11-20(16)18/h4-13H,3H2,1-2H3. The van der Waals surface area contributed by atoms with Crippen LogP contribution in [0.1, 0.15) is 29.8 Å². The second-order valence-electron chi connectivity index (χ2n) is 5.21. The highest BCUT2D eigenvalue weighted by Crippen LogP contribution is 2.25. The van der Waals surface area contributed by atoms with E-state index in [-0.39, 0.29) is 11.0 Å². The smallest absolute Gasteiger partial charge is 0.175 e. The summed E-state index contributed by atoms with van der Waals surface area (Å²) in [6.45, 7) is 4.05. The van der Waals surface area contributed by atoms with Crippen molar-refractivity contribution >= 4 is 23.1 Å². The third-order valence-electron chi connectivity index (χ3n) is 3.70. The molecule has 1 aromatic carbocycles. The molecule has 0 N–H and O–H groups in total. The molecule has 3 nitrogen and oxygen atoms in total. The molecule has 0 amide bonds. The average Bonchev–Trinajstić information content (AvgIpc) is 2.97. The number of rotatable bonds is 5. The third-order valence-corrected chi connectivity index (χ3v) is 4.78. The van der Waals surface area contributed by atoms with Crippen molar-refractivity contribution in [3.63, 3.8) is 0 Å². The van der Waals surface area contributed by atoms with Crippen molar-refractivity contribution < 1.29 is 4.79 Å². The maximum absolute atomic E-state index is 12.5. The number of Topliss-reactive ketones (excluding diaryl/α,β-unsaturated/α-hetero) is 1. The lowest BCUT2D eigenvalue weighted by Crippen LogP contribution is -2.14. The van der Waals surface area contributed by atoms with Gasteiger partial charge in [-0.1, -0.05) is 49.0 Å². The van der Waals surface area contributed by atoms with Crippen molar-refractivity contribution in [2.75, 3.05) is 0 Å². The van der Waals surface area contributed by atoms with Crippen LogP contribution in [-0.4, -0.2) is 20.4 Å². The highest BCUT2D eigenvalue weighted by molar-refractivity contribution is 8.00. The molecule has 0 spiro atoms. The summed E-state index contributed by atoms with van der Waals surface area (Å²) >= 11 is 1.49. The Bertz CT molecular complexity index is 792. The Kier molecular flexibility index (Phi) is 4.29. The number of hydrogen-bond donors (Lipinski definition) is 0. The fraction of sp³-hybridized carbons (Fsp3) is 0.222. The summed E-state index contributed by atoms with van der Waals surface area (Å²) in [6.07, 6.45) is 4.78. The van der Waals surface area contributed by atoms with Gasteiger partial charge in [0.1, 0.15) is 0 Å². The van der Waals surface area contributed by atoms with E-state index < -0.39 is 0 Å². The van der Waals surface area contributed by atoms with Gasteiger partial charge in [0.05, 0.1) is 17.0 Å². The van der Waals surface area contributed by atoms with E-state index in [2.05, 4.69) is 11.9 Å². The minimum Gasteiger partial charge on any atom is -0.295 e. The normalized spacial score (nSPS) is 12.5. The number of nitrogens with zero attached hydrogens (tertiary/aromatic N) is 2. The number of benzene rings is 1. The number of pyridine rings is 1. The molecule has 0 saturated heterocycles. The second kappa shape index (κ2) is 6.36. The molecule has 0 aliphatic heterocycles. The summed E-state index contributed by atoms with van der Waals surface area (Å²) < 4.78 is 2.01. The van der Waals surface area contributed by atoms with Crippen LogP contribution in [0.5, 0.6) is 0 Å². The van der Waals surface area contributed by atoms with Crippen LogP contribution in [0, 0.1) is 0 Å². The number of fused-ring (bicyclic) bond motifs is 1. The van der Waals surface area contributed by atoms with E-state index in [9.17, 15) is 4.79 Å². The zero-order valence-electron chi connectivity index (χ0n) is 12.7. The number of thioether (sulfide) groups is 1. The number of carbonyl (C=O) groups excluding carboxylic acids is 1. The van der Waals surface area contributed by atoms with Gasteiger partial charge in [-0.3, -0.25) is 9.20 Å². The molecule has 0 aliphatic carbocycles. The van der Waals surface area contributed by atoms with E-state index in [1.54, 1.807) is 0 Å². The Labute approximate surface area is 134 Å². The minimum atomic E-state index is -0.168. The van der Waals surface area contributed by atoms with Crippen LogP contribution in [-0.2, 0) is 6.42 Å². The van der Waals surface area contributed by atoms with Gasteiger partial charge in [-0.05, 0) is 31.0 Å². The van der Waals surface area contributed by atoms with Gasteiger partial charge in [-0.25, -0.2) is 4.98 Å². The summed E-state index contributed by atoms with van der Waals surface area (Å²) in [5.74, 6) is 0.139. The van der Waals surface area contributed by atoms with Crippen LogP contribution in [0.4, 0.5) is 0 Å². The van der Waals surface area contributed by atoms with Crippen LogP contribution >= 0.6 is 11.8 Å². The minimum absolute atomic E-state index is 0.139. The summed E-state index contributed by atoms with van der Waals surface area (Å²) in [7, 11) is 0. The molecule has 1 atom stereocenters. The zero-order valence-corrected chi connectivity index (χ0v) is 13.5. The van der Waals surface area contributed by atoms with Crippen LogP contribution < -0.4 is 0 Å². The Morgan fingerprint density at radius 1 is 1.23 bits per heavy atom. The number of aryl methyl sites for hydroxylation is 1. The summed E-state index contributed by atoms with van der Waals surface area (Å²) in [5, 5.41) is 0.680. The fourth-order valence-electron chi connectivity index (χ4n) is 2.36. The predicted octanol–water partition coefficient (Wildman–Crippen LogP) is 4.26. The van der Waals surface area contributed by atoms with Crippen LogP contribution in [0.25, 0.3) is 5.52 Å². The molecule has 0 fully saturated rings. The summed E-state index contributed by atoms with van der Waals surface area (Å²) in [4.78, 5) is 17.0. The Hall–Kier alpha value is -2.07. The summed E-state index contributed by atoms with van der Waals surface area (Å²) in [5.41, 5.74) is 3.05. The molecular weight excluding hydrogens is 292 g/mol. The monoisotopic (exact) mass is 310 g/mol.